The van der Waals surface area contributed by atoms with Crippen molar-refractivity contribution in [1.29, 1.82) is 0 Å². The fraction of sp³-hybridized carbons (Fsp3) is 0.143. The summed E-state index contributed by atoms with van der Waals surface area (Å²) in [6.07, 6.45) is 1.34. The van der Waals surface area contributed by atoms with Crippen LogP contribution in [0.15, 0.2) is 35.3 Å². The molecule has 0 aliphatic rings. The van der Waals surface area contributed by atoms with Gasteiger partial charge in [-0.25, -0.2) is 4.39 Å². The third kappa shape index (κ3) is 2.85. The summed E-state index contributed by atoms with van der Waals surface area (Å²) < 4.78 is 18.0. The fourth-order valence-corrected chi connectivity index (χ4v) is 1.71. The van der Waals surface area contributed by atoms with Gasteiger partial charge in [-0.3, -0.25) is 9.59 Å². The topological polar surface area (TPSA) is 71.2 Å². The average molecular weight is 276 g/mol. The monoisotopic (exact) mass is 276 g/mol. The van der Waals surface area contributed by atoms with Crippen molar-refractivity contribution < 1.29 is 13.9 Å². The lowest BCUT2D eigenvalue weighted by atomic mass is 10.2. The summed E-state index contributed by atoms with van der Waals surface area (Å²) in [5.74, 6) is -0.883. The lowest BCUT2D eigenvalue weighted by Gasteiger charge is -2.10. The van der Waals surface area contributed by atoms with Crippen molar-refractivity contribution in [3.05, 3.63) is 57.8 Å². The van der Waals surface area contributed by atoms with Crippen molar-refractivity contribution in [3.63, 3.8) is 0 Å². The minimum absolute atomic E-state index is 0.0259. The number of aromatic nitrogens is 1. The van der Waals surface area contributed by atoms with Crippen LogP contribution >= 0.6 is 0 Å². The highest BCUT2D eigenvalue weighted by Gasteiger charge is 2.13. The van der Waals surface area contributed by atoms with Crippen LogP contribution in [0.4, 0.5) is 10.1 Å². The first kappa shape index (κ1) is 13.8. The molecule has 0 aliphatic heterocycles. The highest BCUT2D eigenvalue weighted by atomic mass is 19.1. The molecular formula is C14H13FN2O3. The van der Waals surface area contributed by atoms with Crippen molar-refractivity contribution in [2.75, 3.05) is 12.4 Å². The molecule has 1 amide bonds. The predicted molar refractivity (Wildman–Crippen MR) is 72.7 cm³/mol. The minimum Gasteiger partial charge on any atom is -0.494 e. The number of hydrogen-bond acceptors (Lipinski definition) is 3. The van der Waals surface area contributed by atoms with Gasteiger partial charge in [0.15, 0.2) is 5.43 Å². The number of amides is 1. The van der Waals surface area contributed by atoms with Crippen molar-refractivity contribution in [1.82, 2.24) is 4.98 Å². The van der Waals surface area contributed by atoms with Crippen molar-refractivity contribution in [2.45, 2.75) is 6.92 Å². The number of aromatic amines is 1. The normalized spacial score (nSPS) is 10.2. The molecule has 2 rings (SSSR count). The van der Waals surface area contributed by atoms with Gasteiger partial charge in [-0.1, -0.05) is 0 Å². The van der Waals surface area contributed by atoms with E-state index in [1.807, 2.05) is 0 Å². The number of carbonyl (C=O) groups is 1. The molecule has 1 aromatic carbocycles. The fourth-order valence-electron chi connectivity index (χ4n) is 1.71. The number of ether oxygens (including phenoxy) is 1. The molecule has 2 aromatic rings. The molecule has 0 aliphatic carbocycles. The van der Waals surface area contributed by atoms with Crippen molar-refractivity contribution in [3.8, 4) is 5.75 Å². The number of benzene rings is 1. The highest BCUT2D eigenvalue weighted by molar-refractivity contribution is 6.04. The molecule has 6 heteroatoms. The smallest absolute Gasteiger partial charge is 0.261 e. The molecule has 0 spiro atoms. The van der Waals surface area contributed by atoms with Crippen LogP contribution in [0.1, 0.15) is 16.1 Å². The molecule has 20 heavy (non-hydrogen) atoms. The van der Waals surface area contributed by atoms with Gasteiger partial charge in [0.2, 0.25) is 0 Å². The number of aryl methyl sites for hydroxylation is 1. The maximum Gasteiger partial charge on any atom is 0.261 e. The van der Waals surface area contributed by atoms with E-state index in [2.05, 4.69) is 10.3 Å². The van der Waals surface area contributed by atoms with Crippen LogP contribution in [-0.4, -0.2) is 18.0 Å². The number of anilines is 1. The molecule has 0 bridgehead atoms. The quantitative estimate of drug-likeness (QED) is 0.901. The Hall–Kier alpha value is -2.63. The van der Waals surface area contributed by atoms with E-state index in [9.17, 15) is 14.0 Å². The van der Waals surface area contributed by atoms with Crippen LogP contribution in [0.2, 0.25) is 0 Å². The van der Waals surface area contributed by atoms with Gasteiger partial charge in [-0.15, -0.1) is 0 Å². The largest absolute Gasteiger partial charge is 0.494 e. The molecule has 0 unspecified atom stereocenters. The Balaban J connectivity index is 2.30. The standard InChI is InChI=1S/C14H13FN2O3/c1-8-5-12(18)10(7-16-8)14(19)17-11-4-3-9(15)6-13(11)20-2/h3-7H,1-2H3,(H,16,18)(H,17,19). The Morgan fingerprint density at radius 1 is 1.35 bits per heavy atom. The summed E-state index contributed by atoms with van der Waals surface area (Å²) in [5.41, 5.74) is 0.534. The number of hydrogen-bond donors (Lipinski definition) is 2. The van der Waals surface area contributed by atoms with Gasteiger partial charge in [0.25, 0.3) is 5.91 Å². The Kier molecular flexibility index (Phi) is 3.84. The zero-order chi connectivity index (χ0) is 14.7. The van der Waals surface area contributed by atoms with Gasteiger partial charge < -0.3 is 15.0 Å². The molecule has 0 atom stereocenters. The minimum atomic E-state index is -0.587. The zero-order valence-corrected chi connectivity index (χ0v) is 11.0. The van der Waals surface area contributed by atoms with Crippen LogP contribution in [0.25, 0.3) is 0 Å². The van der Waals surface area contributed by atoms with E-state index < -0.39 is 11.7 Å². The lowest BCUT2D eigenvalue weighted by Crippen LogP contribution is -2.21. The Morgan fingerprint density at radius 3 is 2.75 bits per heavy atom. The molecule has 1 aromatic heterocycles. The first-order valence-corrected chi connectivity index (χ1v) is 5.85. The van der Waals surface area contributed by atoms with E-state index in [4.69, 9.17) is 4.74 Å². The summed E-state index contributed by atoms with van der Waals surface area (Å²) in [4.78, 5) is 26.5. The van der Waals surface area contributed by atoms with Gasteiger partial charge in [0, 0.05) is 24.0 Å². The first-order valence-electron chi connectivity index (χ1n) is 5.85. The highest BCUT2D eigenvalue weighted by Crippen LogP contribution is 2.25. The molecule has 0 radical (unpaired) electrons. The Labute approximate surface area is 114 Å². The molecule has 0 fully saturated rings. The molecule has 5 nitrogen and oxygen atoms in total. The first-order chi connectivity index (χ1) is 9.51. The lowest BCUT2D eigenvalue weighted by molar-refractivity contribution is 0.102. The number of H-pyrrole nitrogens is 1. The predicted octanol–water partition coefficient (Wildman–Crippen LogP) is 2.08. The number of halogens is 1. The molecule has 0 saturated heterocycles. The summed E-state index contributed by atoms with van der Waals surface area (Å²) >= 11 is 0. The summed E-state index contributed by atoms with van der Waals surface area (Å²) in [6, 6.07) is 5.04. The van der Waals surface area contributed by atoms with Gasteiger partial charge in [-0.2, -0.15) is 0 Å². The van der Waals surface area contributed by atoms with Gasteiger partial charge in [0.1, 0.15) is 17.1 Å². The summed E-state index contributed by atoms with van der Waals surface area (Å²) in [7, 11) is 1.36. The second kappa shape index (κ2) is 5.56. The number of methoxy groups -OCH3 is 1. The second-order valence-electron chi connectivity index (χ2n) is 4.19. The van der Waals surface area contributed by atoms with Crippen LogP contribution in [0.3, 0.4) is 0 Å². The van der Waals surface area contributed by atoms with Crippen LogP contribution < -0.4 is 15.5 Å². The van der Waals surface area contributed by atoms with E-state index in [0.29, 0.717) is 11.4 Å². The summed E-state index contributed by atoms with van der Waals surface area (Å²) in [5, 5.41) is 2.51. The van der Waals surface area contributed by atoms with E-state index in [0.717, 1.165) is 6.07 Å². The van der Waals surface area contributed by atoms with E-state index >= 15 is 0 Å². The number of rotatable bonds is 3. The van der Waals surface area contributed by atoms with Crippen molar-refractivity contribution in [2.24, 2.45) is 0 Å². The molecule has 1 heterocycles. The molecular weight excluding hydrogens is 263 g/mol. The van der Waals surface area contributed by atoms with Gasteiger partial charge >= 0.3 is 0 Å². The van der Waals surface area contributed by atoms with Crippen LogP contribution in [0.5, 0.6) is 5.75 Å². The van der Waals surface area contributed by atoms with Crippen molar-refractivity contribution >= 4 is 11.6 Å². The zero-order valence-electron chi connectivity index (χ0n) is 11.0. The second-order valence-corrected chi connectivity index (χ2v) is 4.19. The van der Waals surface area contributed by atoms with Gasteiger partial charge in [0.05, 0.1) is 12.8 Å². The van der Waals surface area contributed by atoms with Gasteiger partial charge in [-0.05, 0) is 19.1 Å². The SMILES string of the molecule is COc1cc(F)ccc1NC(=O)c1c[nH]c(C)cc1=O. The third-order valence-corrected chi connectivity index (χ3v) is 2.71. The molecule has 0 saturated carbocycles. The van der Waals surface area contributed by atoms with Crippen LogP contribution in [0, 0.1) is 12.7 Å². The van der Waals surface area contributed by atoms with E-state index in [1.54, 1.807) is 6.92 Å². The maximum absolute atomic E-state index is 13.1. The third-order valence-electron chi connectivity index (χ3n) is 2.71. The molecule has 104 valence electrons. The number of carbonyl (C=O) groups excluding carboxylic acids is 1. The Bertz CT molecular complexity index is 710. The van der Waals surface area contributed by atoms with E-state index in [-0.39, 0.29) is 16.7 Å². The summed E-state index contributed by atoms with van der Waals surface area (Å²) in [6.45, 7) is 1.71. The van der Waals surface area contributed by atoms with E-state index in [1.165, 1.54) is 31.5 Å². The van der Waals surface area contributed by atoms with Crippen LogP contribution in [-0.2, 0) is 0 Å². The number of nitrogens with one attached hydrogen (secondary N) is 2. The maximum atomic E-state index is 13.1. The molecule has 2 N–H and O–H groups in total. The average Bonchev–Trinajstić information content (AvgIpc) is 2.40. The Morgan fingerprint density at radius 2 is 2.10 bits per heavy atom. The number of pyridine rings is 1.